The van der Waals surface area contributed by atoms with Gasteiger partial charge in [0.25, 0.3) is 0 Å². The summed E-state index contributed by atoms with van der Waals surface area (Å²) in [6.45, 7) is 0.326. The van der Waals surface area contributed by atoms with Gasteiger partial charge in [-0.3, -0.25) is 16.8 Å². The van der Waals surface area contributed by atoms with Crippen LogP contribution in [-0.4, -0.2) is 40.1 Å². The second-order valence-corrected chi connectivity index (χ2v) is 9.61. The predicted octanol–water partition coefficient (Wildman–Crippen LogP) is 3.48. The molecule has 0 aliphatic rings. The highest BCUT2D eigenvalue weighted by Gasteiger charge is 2.54. The van der Waals surface area contributed by atoms with Crippen molar-refractivity contribution >= 4 is 25.8 Å². The van der Waals surface area contributed by atoms with Crippen LogP contribution in [0.15, 0.2) is 30.3 Å². The number of sulfone groups is 2. The van der Waals surface area contributed by atoms with Crippen molar-refractivity contribution in [3.05, 3.63) is 40.5 Å². The minimum atomic E-state index is -6.89. The van der Waals surface area contributed by atoms with Crippen LogP contribution in [0.3, 0.4) is 0 Å². The smallest absolute Gasteiger partial charge is 0.434 e. The number of carbonyl (C=O) groups excluding carboxylic acids is 1. The minimum absolute atomic E-state index is 0.370. The maximum absolute atomic E-state index is 12.7. The largest absolute Gasteiger partial charge is 0.508 e. The number of hydrogen-bond acceptors (Lipinski definition) is 7. The Morgan fingerprint density at radius 2 is 1.41 bits per heavy atom. The molecule has 0 aromatic heterocycles. The van der Waals surface area contributed by atoms with E-state index in [-0.39, 0.29) is 6.61 Å². The lowest BCUT2D eigenvalue weighted by molar-refractivity contribution is -0.0459. The molecule has 166 valence electrons. The lowest BCUT2D eigenvalue weighted by atomic mass is 10.2. The quantitative estimate of drug-likeness (QED) is 0.341. The summed E-state index contributed by atoms with van der Waals surface area (Å²) in [5.74, 6) is 0. The van der Waals surface area contributed by atoms with Crippen LogP contribution in [0.2, 0.25) is 0 Å². The van der Waals surface area contributed by atoms with Gasteiger partial charge in [0.15, 0.2) is 0 Å². The third kappa shape index (κ3) is 6.22. The van der Waals surface area contributed by atoms with Crippen LogP contribution in [0.25, 0.3) is 0 Å². The van der Waals surface area contributed by atoms with Crippen molar-refractivity contribution in [2.24, 2.45) is 0 Å². The van der Waals surface area contributed by atoms with Crippen LogP contribution >= 0.6 is 0 Å². The second kappa shape index (κ2) is 8.77. The minimum Gasteiger partial charge on any atom is -0.434 e. The first kappa shape index (κ1) is 25.0. The molecule has 1 rings (SSSR count). The SMILES string of the molecule is CC(C[C-](S(=O)(=O)C(F)(F)F)S(=O)(=O)C(F)(F)F)OC(=O)OCc1ccccc1. The van der Waals surface area contributed by atoms with Crippen molar-refractivity contribution in [2.75, 3.05) is 0 Å². The molecule has 1 aromatic carbocycles. The van der Waals surface area contributed by atoms with Gasteiger partial charge in [0.1, 0.15) is 26.3 Å². The highest BCUT2D eigenvalue weighted by atomic mass is 32.3. The van der Waals surface area contributed by atoms with Crippen molar-refractivity contribution in [2.45, 2.75) is 37.1 Å². The molecular weight excluding hydrogens is 458 g/mol. The van der Waals surface area contributed by atoms with E-state index in [1.807, 2.05) is 0 Å². The molecular formula is C14H13F6O7S2-. The summed E-state index contributed by atoms with van der Waals surface area (Å²) in [5.41, 5.74) is -12.2. The third-order valence-corrected chi connectivity index (χ3v) is 7.23. The van der Waals surface area contributed by atoms with E-state index in [1.165, 1.54) is 12.1 Å². The van der Waals surface area contributed by atoms with Gasteiger partial charge in [-0.2, -0.15) is 26.3 Å². The summed E-state index contributed by atoms with van der Waals surface area (Å²) in [6.07, 6.45) is -5.47. The number of halogens is 6. The summed E-state index contributed by atoms with van der Waals surface area (Å²) < 4.78 is 127. The first-order valence-electron chi connectivity index (χ1n) is 7.36. The van der Waals surface area contributed by atoms with Crippen LogP contribution in [-0.2, 0) is 35.8 Å². The van der Waals surface area contributed by atoms with Crippen LogP contribution < -0.4 is 0 Å². The Labute approximate surface area is 161 Å². The summed E-state index contributed by atoms with van der Waals surface area (Å²) in [4.78, 5) is 11.5. The van der Waals surface area contributed by atoms with Gasteiger partial charge in [0, 0.05) is 0 Å². The Balaban J connectivity index is 2.98. The molecule has 0 bridgehead atoms. The fourth-order valence-corrected chi connectivity index (χ4v) is 4.96. The van der Waals surface area contributed by atoms with E-state index in [1.54, 1.807) is 18.2 Å². The fourth-order valence-electron chi connectivity index (χ4n) is 1.81. The van der Waals surface area contributed by atoms with E-state index >= 15 is 0 Å². The number of benzene rings is 1. The first-order valence-corrected chi connectivity index (χ1v) is 10.3. The molecule has 1 aromatic rings. The lowest BCUT2D eigenvalue weighted by Crippen LogP contribution is -2.41. The van der Waals surface area contributed by atoms with Gasteiger partial charge in [-0.25, -0.2) is 4.79 Å². The fraction of sp³-hybridized carbons (Fsp3) is 0.429. The third-order valence-electron chi connectivity index (χ3n) is 3.16. The molecule has 0 aliphatic carbocycles. The van der Waals surface area contributed by atoms with Crippen LogP contribution in [0.4, 0.5) is 31.1 Å². The highest BCUT2D eigenvalue weighted by Crippen LogP contribution is 2.43. The molecule has 0 radical (unpaired) electrons. The molecule has 15 heteroatoms. The van der Waals surface area contributed by atoms with Gasteiger partial charge in [-0.15, -0.1) is 6.42 Å². The summed E-state index contributed by atoms with van der Waals surface area (Å²) in [6, 6.07) is 7.85. The van der Waals surface area contributed by atoms with Gasteiger partial charge in [0.05, 0.1) is 6.10 Å². The average molecular weight is 471 g/mol. The second-order valence-electron chi connectivity index (χ2n) is 5.43. The molecule has 0 spiro atoms. The molecule has 1 atom stereocenters. The van der Waals surface area contributed by atoms with Crippen molar-refractivity contribution in [1.29, 1.82) is 0 Å². The highest BCUT2D eigenvalue weighted by molar-refractivity contribution is 8.13. The zero-order valence-corrected chi connectivity index (χ0v) is 16.0. The molecule has 0 amide bonds. The Morgan fingerprint density at radius 3 is 1.83 bits per heavy atom. The zero-order chi connectivity index (χ0) is 22.7. The predicted molar refractivity (Wildman–Crippen MR) is 85.0 cm³/mol. The van der Waals surface area contributed by atoms with Gasteiger partial charge >= 0.3 is 17.2 Å². The van der Waals surface area contributed by atoms with Crippen molar-refractivity contribution in [3.8, 4) is 0 Å². The van der Waals surface area contributed by atoms with Gasteiger partial charge in [0.2, 0.25) is 0 Å². The number of ether oxygens (including phenoxy) is 2. The standard InChI is InChI=1S/C14H13F6O7S2/c1-9(27-12(21)26-8-10-5-3-2-4-6-10)7-11(28(22,23)13(15,16)17)29(24,25)14(18,19)20/h2-6,9H,7-8H2,1H3/q-1. The molecule has 1 unspecified atom stereocenters. The van der Waals surface area contributed by atoms with E-state index in [0.717, 1.165) is 0 Å². The number of carbonyl (C=O) groups is 1. The Hall–Kier alpha value is -2.03. The van der Waals surface area contributed by atoms with E-state index in [4.69, 9.17) is 0 Å². The molecule has 0 N–H and O–H groups in total. The molecule has 0 saturated carbocycles. The molecule has 29 heavy (non-hydrogen) atoms. The number of rotatable bonds is 7. The first-order chi connectivity index (χ1) is 13.0. The maximum Gasteiger partial charge on any atom is 0.508 e. The van der Waals surface area contributed by atoms with Crippen LogP contribution in [0.5, 0.6) is 0 Å². The van der Waals surface area contributed by atoms with Crippen molar-refractivity contribution < 1.29 is 57.4 Å². The summed E-state index contributed by atoms with van der Waals surface area (Å²) >= 11 is 0. The average Bonchev–Trinajstić information content (AvgIpc) is 2.56. The topological polar surface area (TPSA) is 104 Å². The molecule has 7 nitrogen and oxygen atoms in total. The molecule has 0 fully saturated rings. The normalized spacial score (nSPS) is 14.5. The maximum atomic E-state index is 12.7. The molecule has 0 heterocycles. The lowest BCUT2D eigenvalue weighted by Gasteiger charge is -2.33. The van der Waals surface area contributed by atoms with E-state index in [0.29, 0.717) is 12.5 Å². The monoisotopic (exact) mass is 471 g/mol. The van der Waals surface area contributed by atoms with Crippen LogP contribution in [0.1, 0.15) is 18.9 Å². The van der Waals surface area contributed by atoms with Crippen molar-refractivity contribution in [3.63, 3.8) is 0 Å². The van der Waals surface area contributed by atoms with Crippen LogP contribution in [0, 0.1) is 4.58 Å². The Kier molecular flexibility index (Phi) is 7.56. The van der Waals surface area contributed by atoms with Crippen molar-refractivity contribution in [1.82, 2.24) is 0 Å². The van der Waals surface area contributed by atoms with Gasteiger partial charge < -0.3 is 9.47 Å². The number of hydrogen-bond donors (Lipinski definition) is 0. The zero-order valence-electron chi connectivity index (χ0n) is 14.3. The van der Waals surface area contributed by atoms with Gasteiger partial charge in [-0.1, -0.05) is 34.9 Å². The van der Waals surface area contributed by atoms with E-state index in [2.05, 4.69) is 9.47 Å². The Bertz CT molecular complexity index is 864. The number of alkyl halides is 6. The summed E-state index contributed by atoms with van der Waals surface area (Å²) in [7, 11) is -13.8. The van der Waals surface area contributed by atoms with Gasteiger partial charge in [-0.05, 0) is 12.5 Å². The molecule has 0 aliphatic heterocycles. The summed E-state index contributed by atoms with van der Waals surface area (Å²) in [5, 5.41) is 0. The van der Waals surface area contributed by atoms with E-state index < -0.39 is 54.0 Å². The van der Waals surface area contributed by atoms with E-state index in [9.17, 15) is 48.0 Å². The Morgan fingerprint density at radius 1 is 0.966 bits per heavy atom. The molecule has 0 saturated heterocycles.